The third-order valence-corrected chi connectivity index (χ3v) is 0.833. The van der Waals surface area contributed by atoms with Gasteiger partial charge in [0, 0.05) is 32.7 Å². The Hall–Kier alpha value is -1.85. The molecule has 27 heavy (non-hydrogen) atoms. The van der Waals surface area contributed by atoms with Gasteiger partial charge in [0.15, 0.2) is 0 Å². The van der Waals surface area contributed by atoms with Crippen molar-refractivity contribution in [2.75, 3.05) is 32.7 Å². The molecule has 0 saturated heterocycles. The molecule has 0 aliphatic heterocycles. The number of carbonyl (C=O) groups excluding carboxylic acids is 5. The molecule has 0 aromatic heterocycles. The van der Waals surface area contributed by atoms with Crippen LogP contribution in [0.3, 0.4) is 0 Å². The Morgan fingerprint density at radius 3 is 0.481 bits per heavy atom. The first kappa shape index (κ1) is 44.5. The molecule has 0 heterocycles. The minimum Gasteiger partial charge on any atom is -0.549 e. The van der Waals surface area contributed by atoms with Gasteiger partial charge in [0.2, 0.25) is 0 Å². The first-order chi connectivity index (χ1) is 11.4. The molecular formula is C11H20N5NaO10. The summed E-state index contributed by atoms with van der Waals surface area (Å²) in [7, 11) is 0. The summed E-state index contributed by atoms with van der Waals surface area (Å²) in [6.07, 6.45) is 0. The van der Waals surface area contributed by atoms with E-state index in [0.29, 0.717) is 0 Å². The van der Waals surface area contributed by atoms with Crippen LogP contribution in [-0.2, 0) is 24.0 Å². The van der Waals surface area contributed by atoms with Gasteiger partial charge in [-0.25, -0.2) is 0 Å². The second-order valence-electron chi connectivity index (χ2n) is 2.88. The molecular weight excluding hydrogens is 385 g/mol. The van der Waals surface area contributed by atoms with Crippen molar-refractivity contribution in [3.8, 4) is 0 Å². The van der Waals surface area contributed by atoms with E-state index in [1.807, 2.05) is 0 Å². The first-order valence-corrected chi connectivity index (χ1v) is 5.85. The Kier molecular flexibility index (Phi) is 64.8. The Morgan fingerprint density at radius 2 is 0.481 bits per heavy atom. The van der Waals surface area contributed by atoms with Crippen molar-refractivity contribution in [1.29, 1.82) is 0 Å². The quantitative estimate of drug-likeness (QED) is 0.265. The van der Waals surface area contributed by atoms with Gasteiger partial charge in [0.05, 0.1) is 29.8 Å². The molecule has 0 radical (unpaired) electrons. The Labute approximate surface area is 177 Å². The monoisotopic (exact) mass is 405 g/mol. The van der Waals surface area contributed by atoms with Gasteiger partial charge < -0.3 is 78.2 Å². The van der Waals surface area contributed by atoms with Gasteiger partial charge in [-0.1, -0.05) is 0 Å². The zero-order valence-electron chi connectivity index (χ0n) is 14.5. The molecule has 0 bridgehead atoms. The van der Waals surface area contributed by atoms with Crippen molar-refractivity contribution in [2.45, 2.75) is 0 Å². The predicted octanol–water partition coefficient (Wildman–Crippen LogP) is -14.4. The Bertz CT molecular complexity index is 303. The number of carboxylic acid groups (broad SMARTS) is 5. The van der Waals surface area contributed by atoms with Crippen LogP contribution in [0.15, 0.2) is 0 Å². The summed E-state index contributed by atoms with van der Waals surface area (Å²) in [5.41, 5.74) is 22.5. The maximum Gasteiger partial charge on any atom is 4.00 e. The molecule has 150 valence electrons. The van der Waals surface area contributed by atoms with Crippen LogP contribution in [0.5, 0.6) is 0 Å². The third-order valence-electron chi connectivity index (χ3n) is 0.833. The molecule has 0 rings (SSSR count). The van der Waals surface area contributed by atoms with E-state index in [1.54, 1.807) is 0 Å². The fourth-order valence-corrected chi connectivity index (χ4v) is 0. The molecule has 0 saturated carbocycles. The largest absolute Gasteiger partial charge is 4.00 e. The Balaban J connectivity index is -0.0000000364. The number of aliphatic carboxylic acids is 5. The van der Waals surface area contributed by atoms with Crippen molar-refractivity contribution < 1.29 is 79.1 Å². The second kappa shape index (κ2) is 39.3. The van der Waals surface area contributed by atoms with E-state index >= 15 is 0 Å². The molecule has 0 aliphatic rings. The minimum absolute atomic E-state index is 0. The maximum atomic E-state index is 9.13. The number of carbonyl (C=O) groups is 5. The van der Waals surface area contributed by atoms with E-state index in [1.165, 1.54) is 0 Å². The first-order valence-electron chi connectivity index (χ1n) is 5.85. The summed E-state index contributed by atoms with van der Waals surface area (Å²) in [6.45, 7) is -1.94. The van der Waals surface area contributed by atoms with Crippen LogP contribution in [0.4, 0.5) is 0 Å². The fraction of sp³-hybridized carbons (Fsp3) is 0.455. The third kappa shape index (κ3) is 178. The summed E-state index contributed by atoms with van der Waals surface area (Å²) in [4.78, 5) is 45.7. The van der Waals surface area contributed by atoms with E-state index in [4.69, 9.17) is 49.5 Å². The average Bonchev–Trinajstić information content (AvgIpc) is 2.56. The molecule has 0 fully saturated rings. The smallest absolute Gasteiger partial charge is 0.549 e. The van der Waals surface area contributed by atoms with Crippen molar-refractivity contribution in [3.63, 3.8) is 0 Å². The molecule has 0 aromatic rings. The summed E-state index contributed by atoms with van der Waals surface area (Å²) in [6, 6.07) is 0. The minimum atomic E-state index is -1.22. The molecule has 0 unspecified atom stereocenters. The number of carboxylic acids is 5. The van der Waals surface area contributed by atoms with E-state index in [2.05, 4.69) is 28.7 Å². The van der Waals surface area contributed by atoms with Crippen molar-refractivity contribution in [3.05, 3.63) is 7.43 Å². The van der Waals surface area contributed by atoms with Crippen molar-refractivity contribution in [2.24, 2.45) is 28.7 Å². The summed E-state index contributed by atoms with van der Waals surface area (Å²) < 4.78 is 0. The number of hydrogen-bond donors (Lipinski definition) is 5. The molecule has 0 aliphatic carbocycles. The van der Waals surface area contributed by atoms with Gasteiger partial charge >= 0.3 is 37.0 Å². The van der Waals surface area contributed by atoms with Crippen LogP contribution in [0, 0.1) is 7.43 Å². The van der Waals surface area contributed by atoms with Crippen molar-refractivity contribution in [1.82, 2.24) is 0 Å². The zero-order valence-corrected chi connectivity index (χ0v) is 16.5. The molecule has 0 amide bonds. The van der Waals surface area contributed by atoms with Gasteiger partial charge in [-0.3, -0.25) is 0 Å². The molecule has 16 heteroatoms. The Morgan fingerprint density at radius 1 is 0.444 bits per heavy atom. The van der Waals surface area contributed by atoms with Crippen LogP contribution >= 0.6 is 0 Å². The molecule has 0 spiro atoms. The second-order valence-corrected chi connectivity index (χ2v) is 2.88. The topological polar surface area (TPSA) is 331 Å². The molecule has 0 aromatic carbocycles. The van der Waals surface area contributed by atoms with E-state index in [0.717, 1.165) is 0 Å². The molecule has 10 N–H and O–H groups in total. The predicted molar refractivity (Wildman–Crippen MR) is 73.5 cm³/mol. The summed E-state index contributed by atoms with van der Waals surface area (Å²) >= 11 is 0. The van der Waals surface area contributed by atoms with Crippen LogP contribution < -0.4 is 83.8 Å². The molecule has 15 nitrogen and oxygen atoms in total. The van der Waals surface area contributed by atoms with Gasteiger partial charge in [0.25, 0.3) is 0 Å². The van der Waals surface area contributed by atoms with Gasteiger partial charge in [-0.15, -0.1) is 0 Å². The summed E-state index contributed by atoms with van der Waals surface area (Å²) in [5, 5.41) is 45.7. The van der Waals surface area contributed by atoms with E-state index in [9.17, 15) is 0 Å². The van der Waals surface area contributed by atoms with Crippen LogP contribution in [0.1, 0.15) is 0 Å². The van der Waals surface area contributed by atoms with E-state index < -0.39 is 29.8 Å². The van der Waals surface area contributed by atoms with Crippen LogP contribution in [0.2, 0.25) is 0 Å². The van der Waals surface area contributed by atoms with Crippen LogP contribution in [0.25, 0.3) is 0 Å². The van der Waals surface area contributed by atoms with Gasteiger partial charge in [-0.05, 0) is 0 Å². The van der Waals surface area contributed by atoms with Gasteiger partial charge in [-0.2, -0.15) is 0 Å². The normalized spacial score (nSPS) is 6.85. The standard InChI is InChI=1S/5C2H5NO2.C.Na/c5*3-1-2(4)5;;/h5*1,3H2,(H,4,5);;/q;;;;;+4;+1/p-5. The number of hydrogen-bond acceptors (Lipinski definition) is 15. The SMILES string of the molecule is NCC(=O)[O-].NCC(=O)[O-].NCC(=O)[O-].NCC(=O)[O-].NCC(=O)[O-].[C+4].[Na+]. The van der Waals surface area contributed by atoms with E-state index in [-0.39, 0.29) is 69.7 Å². The van der Waals surface area contributed by atoms with Gasteiger partial charge in [0.1, 0.15) is 0 Å². The maximum absolute atomic E-state index is 9.13. The zero-order chi connectivity index (χ0) is 21.4. The van der Waals surface area contributed by atoms with Crippen LogP contribution in [-0.4, -0.2) is 62.6 Å². The average molecular weight is 405 g/mol. The number of nitrogens with two attached hydrogens (primary N) is 5. The summed E-state index contributed by atoms with van der Waals surface area (Å²) in [5.74, 6) is -6.09. The van der Waals surface area contributed by atoms with Crippen molar-refractivity contribution >= 4 is 29.8 Å². The fourth-order valence-electron chi connectivity index (χ4n) is 0. The molecule has 0 atom stereocenters. The number of rotatable bonds is 5.